The van der Waals surface area contributed by atoms with E-state index in [1.54, 1.807) is 0 Å². The lowest BCUT2D eigenvalue weighted by Gasteiger charge is -2.26. The third kappa shape index (κ3) is 2.74. The van der Waals surface area contributed by atoms with E-state index in [2.05, 4.69) is 24.4 Å². The lowest BCUT2D eigenvalue weighted by molar-refractivity contribution is 0.215. The molecule has 88 valence electrons. The SMILES string of the molecule is C[C@@H](CN)NCC1COc2ccccc2C1. The molecule has 0 aliphatic carbocycles. The van der Waals surface area contributed by atoms with Gasteiger partial charge >= 0.3 is 0 Å². The molecule has 1 heterocycles. The highest BCUT2D eigenvalue weighted by Crippen LogP contribution is 2.26. The summed E-state index contributed by atoms with van der Waals surface area (Å²) in [6, 6.07) is 8.67. The minimum absolute atomic E-state index is 0.386. The molecule has 3 heteroatoms. The number of rotatable bonds is 4. The van der Waals surface area contributed by atoms with E-state index < -0.39 is 0 Å². The number of hydrogen-bond acceptors (Lipinski definition) is 3. The van der Waals surface area contributed by atoms with Crippen molar-refractivity contribution < 1.29 is 4.74 Å². The third-order valence-corrected chi connectivity index (χ3v) is 3.06. The quantitative estimate of drug-likeness (QED) is 0.801. The van der Waals surface area contributed by atoms with Crippen LogP contribution in [0.15, 0.2) is 24.3 Å². The van der Waals surface area contributed by atoms with E-state index in [0.717, 1.165) is 25.3 Å². The van der Waals surface area contributed by atoms with Crippen molar-refractivity contribution in [3.05, 3.63) is 29.8 Å². The molecule has 0 aromatic heterocycles. The summed E-state index contributed by atoms with van der Waals surface area (Å²) >= 11 is 0. The van der Waals surface area contributed by atoms with Gasteiger partial charge in [-0.3, -0.25) is 0 Å². The Kier molecular flexibility index (Phi) is 3.80. The molecule has 0 amide bonds. The van der Waals surface area contributed by atoms with E-state index in [4.69, 9.17) is 10.5 Å². The van der Waals surface area contributed by atoms with Crippen LogP contribution in [0, 0.1) is 5.92 Å². The fourth-order valence-corrected chi connectivity index (χ4v) is 1.97. The molecule has 1 aromatic rings. The zero-order chi connectivity index (χ0) is 11.4. The maximum atomic E-state index is 5.73. The van der Waals surface area contributed by atoms with Gasteiger partial charge in [-0.1, -0.05) is 18.2 Å². The number of benzene rings is 1. The summed E-state index contributed by atoms with van der Waals surface area (Å²) in [6.07, 6.45) is 1.10. The van der Waals surface area contributed by atoms with Gasteiger partial charge < -0.3 is 15.8 Å². The predicted octanol–water partition coefficient (Wildman–Crippen LogP) is 1.17. The summed E-state index contributed by atoms with van der Waals surface area (Å²) in [7, 11) is 0. The predicted molar refractivity (Wildman–Crippen MR) is 65.7 cm³/mol. The van der Waals surface area contributed by atoms with Crippen LogP contribution in [0.4, 0.5) is 0 Å². The lowest BCUT2D eigenvalue weighted by atomic mass is 9.96. The first kappa shape index (κ1) is 11.4. The molecule has 2 atom stereocenters. The van der Waals surface area contributed by atoms with Crippen LogP contribution in [0.2, 0.25) is 0 Å². The van der Waals surface area contributed by atoms with Gasteiger partial charge in [0.2, 0.25) is 0 Å². The van der Waals surface area contributed by atoms with Crippen LogP contribution in [0.5, 0.6) is 5.75 Å². The molecule has 16 heavy (non-hydrogen) atoms. The topological polar surface area (TPSA) is 47.3 Å². The number of nitrogens with one attached hydrogen (secondary N) is 1. The lowest BCUT2D eigenvalue weighted by Crippen LogP contribution is -2.39. The molecule has 2 rings (SSSR count). The van der Waals surface area contributed by atoms with E-state index in [9.17, 15) is 0 Å². The summed E-state index contributed by atoms with van der Waals surface area (Å²) in [5, 5.41) is 3.43. The summed E-state index contributed by atoms with van der Waals surface area (Å²) in [6.45, 7) is 4.58. The zero-order valence-corrected chi connectivity index (χ0v) is 9.78. The second-order valence-electron chi connectivity index (χ2n) is 4.53. The largest absolute Gasteiger partial charge is 0.493 e. The number of hydrogen-bond donors (Lipinski definition) is 2. The fraction of sp³-hybridized carbons (Fsp3) is 0.538. The minimum Gasteiger partial charge on any atom is -0.493 e. The number of nitrogens with two attached hydrogens (primary N) is 1. The van der Waals surface area contributed by atoms with Crippen molar-refractivity contribution in [1.29, 1.82) is 0 Å². The highest BCUT2D eigenvalue weighted by Gasteiger charge is 2.19. The maximum absolute atomic E-state index is 5.73. The fourth-order valence-electron chi connectivity index (χ4n) is 1.97. The Labute approximate surface area is 97.0 Å². The van der Waals surface area contributed by atoms with Crippen LogP contribution in [-0.2, 0) is 6.42 Å². The number of ether oxygens (including phenoxy) is 1. The summed E-state index contributed by atoms with van der Waals surface area (Å²) in [5.41, 5.74) is 6.89. The van der Waals surface area contributed by atoms with Crippen LogP contribution in [0.3, 0.4) is 0 Å². The monoisotopic (exact) mass is 220 g/mol. The molecule has 0 saturated carbocycles. The summed E-state index contributed by atoms with van der Waals surface area (Å²) in [4.78, 5) is 0. The Bertz CT molecular complexity index is 340. The maximum Gasteiger partial charge on any atom is 0.122 e. The second-order valence-corrected chi connectivity index (χ2v) is 4.53. The van der Waals surface area contributed by atoms with Crippen molar-refractivity contribution in [3.8, 4) is 5.75 Å². The highest BCUT2D eigenvalue weighted by atomic mass is 16.5. The van der Waals surface area contributed by atoms with Crippen LogP contribution in [-0.4, -0.2) is 25.7 Å². The van der Waals surface area contributed by atoms with Crippen molar-refractivity contribution >= 4 is 0 Å². The van der Waals surface area contributed by atoms with Gasteiger partial charge in [-0.25, -0.2) is 0 Å². The van der Waals surface area contributed by atoms with Crippen molar-refractivity contribution in [2.24, 2.45) is 11.7 Å². The van der Waals surface area contributed by atoms with Crippen LogP contribution in [0.25, 0.3) is 0 Å². The molecule has 1 aliphatic heterocycles. The van der Waals surface area contributed by atoms with Gasteiger partial charge in [0, 0.05) is 25.0 Å². The Morgan fingerprint density at radius 3 is 3.12 bits per heavy atom. The van der Waals surface area contributed by atoms with E-state index >= 15 is 0 Å². The van der Waals surface area contributed by atoms with Gasteiger partial charge in [0.05, 0.1) is 6.61 Å². The molecule has 0 bridgehead atoms. The van der Waals surface area contributed by atoms with Crippen molar-refractivity contribution in [1.82, 2.24) is 5.32 Å². The summed E-state index contributed by atoms with van der Waals surface area (Å²) in [5.74, 6) is 1.61. The van der Waals surface area contributed by atoms with Crippen LogP contribution >= 0.6 is 0 Å². The molecule has 3 N–H and O–H groups in total. The molecule has 0 saturated heterocycles. The van der Waals surface area contributed by atoms with Crippen molar-refractivity contribution in [2.75, 3.05) is 19.7 Å². The van der Waals surface area contributed by atoms with Gasteiger partial charge in [-0.2, -0.15) is 0 Å². The molecule has 0 fully saturated rings. The Morgan fingerprint density at radius 1 is 1.50 bits per heavy atom. The molecule has 0 radical (unpaired) electrons. The van der Waals surface area contributed by atoms with Gasteiger partial charge in [0.15, 0.2) is 0 Å². The van der Waals surface area contributed by atoms with Crippen molar-refractivity contribution in [3.63, 3.8) is 0 Å². The third-order valence-electron chi connectivity index (χ3n) is 3.06. The highest BCUT2D eigenvalue weighted by molar-refractivity contribution is 5.35. The van der Waals surface area contributed by atoms with E-state index in [1.165, 1.54) is 5.56 Å². The molecule has 1 aliphatic rings. The number of para-hydroxylation sites is 1. The smallest absolute Gasteiger partial charge is 0.122 e. The van der Waals surface area contributed by atoms with Crippen molar-refractivity contribution in [2.45, 2.75) is 19.4 Å². The zero-order valence-electron chi connectivity index (χ0n) is 9.78. The molecular formula is C13H20N2O. The second kappa shape index (κ2) is 5.32. The van der Waals surface area contributed by atoms with Gasteiger partial charge in [0.1, 0.15) is 5.75 Å². The summed E-state index contributed by atoms with van der Waals surface area (Å²) < 4.78 is 5.73. The van der Waals surface area contributed by atoms with Gasteiger partial charge in [0.25, 0.3) is 0 Å². The first-order valence-corrected chi connectivity index (χ1v) is 5.93. The average Bonchev–Trinajstić information content (AvgIpc) is 2.35. The first-order chi connectivity index (χ1) is 7.79. The van der Waals surface area contributed by atoms with Crippen LogP contribution in [0.1, 0.15) is 12.5 Å². The molecule has 1 unspecified atom stereocenters. The standard InChI is InChI=1S/C13H20N2O/c1-10(7-14)15-8-11-6-12-4-2-3-5-13(12)16-9-11/h2-5,10-11,15H,6-9,14H2,1H3/t10-,11?/m0/s1. The van der Waals surface area contributed by atoms with E-state index in [-0.39, 0.29) is 0 Å². The molecular weight excluding hydrogens is 200 g/mol. The molecule has 1 aromatic carbocycles. The minimum atomic E-state index is 0.386. The number of fused-ring (bicyclic) bond motifs is 1. The van der Waals surface area contributed by atoms with Crippen LogP contribution < -0.4 is 15.8 Å². The Balaban J connectivity index is 1.88. The Hall–Kier alpha value is -1.06. The van der Waals surface area contributed by atoms with E-state index in [0.29, 0.717) is 18.5 Å². The Morgan fingerprint density at radius 2 is 2.31 bits per heavy atom. The first-order valence-electron chi connectivity index (χ1n) is 5.93. The average molecular weight is 220 g/mol. The van der Waals surface area contributed by atoms with E-state index in [1.807, 2.05) is 12.1 Å². The molecule has 0 spiro atoms. The van der Waals surface area contributed by atoms with Gasteiger partial charge in [-0.05, 0) is 25.0 Å². The molecule has 3 nitrogen and oxygen atoms in total. The normalized spacial score (nSPS) is 21.0. The van der Waals surface area contributed by atoms with Gasteiger partial charge in [-0.15, -0.1) is 0 Å².